The van der Waals surface area contributed by atoms with Crippen molar-refractivity contribution in [2.24, 2.45) is 0 Å². The van der Waals surface area contributed by atoms with Gasteiger partial charge >= 0.3 is 0 Å². The van der Waals surface area contributed by atoms with Gasteiger partial charge in [0.2, 0.25) is 0 Å². The summed E-state index contributed by atoms with van der Waals surface area (Å²) < 4.78 is 0. The minimum atomic E-state index is 1.12. The molecule has 0 rings (SSSR count). The van der Waals surface area contributed by atoms with Crippen LogP contribution in [0.3, 0.4) is 0 Å². The molecule has 0 aliphatic rings. The van der Waals surface area contributed by atoms with Crippen LogP contribution in [-0.4, -0.2) is 11.5 Å². The van der Waals surface area contributed by atoms with Crippen molar-refractivity contribution < 1.29 is 0 Å². The lowest BCUT2D eigenvalue weighted by Crippen LogP contribution is -1.82. The number of thioether (sulfide) groups is 1. The zero-order valence-electron chi connectivity index (χ0n) is 8.48. The number of hydrogen-bond acceptors (Lipinski definition) is 1. The third-order valence-electron chi connectivity index (χ3n) is 1.99. The molecule has 0 saturated heterocycles. The minimum Gasteiger partial charge on any atom is -0.162 e. The van der Waals surface area contributed by atoms with Gasteiger partial charge in [-0.3, -0.25) is 0 Å². The molecule has 0 nitrogen and oxygen atoms in total. The fraction of sp³-hybridized carbons (Fsp3) is 0.909. The van der Waals surface area contributed by atoms with Gasteiger partial charge in [0.15, 0.2) is 0 Å². The van der Waals surface area contributed by atoms with E-state index >= 15 is 0 Å². The average molecular weight is 187 g/mol. The van der Waals surface area contributed by atoms with Gasteiger partial charge in [-0.1, -0.05) is 52.4 Å². The maximum Gasteiger partial charge on any atom is -0.00676 e. The van der Waals surface area contributed by atoms with Crippen LogP contribution in [0.25, 0.3) is 0 Å². The summed E-state index contributed by atoms with van der Waals surface area (Å²) in [4.78, 5) is 0. The maximum atomic E-state index is 3.84. The molecular weight excluding hydrogens is 164 g/mol. The summed E-state index contributed by atoms with van der Waals surface area (Å²) in [5, 5.41) is 0. The highest BCUT2D eigenvalue weighted by Gasteiger charge is 1.90. The molecule has 0 aliphatic carbocycles. The lowest BCUT2D eigenvalue weighted by Gasteiger charge is -1.99. The SMILES string of the molecule is [CH2]CCCCCCCCSCC. The van der Waals surface area contributed by atoms with E-state index in [0.717, 1.165) is 6.42 Å². The molecule has 0 amide bonds. The molecule has 0 aromatic heterocycles. The molecule has 0 atom stereocenters. The first-order valence-corrected chi connectivity index (χ1v) is 6.44. The minimum absolute atomic E-state index is 1.12. The quantitative estimate of drug-likeness (QED) is 0.485. The van der Waals surface area contributed by atoms with Crippen molar-refractivity contribution in [3.63, 3.8) is 0 Å². The normalized spacial score (nSPS) is 10.5. The number of hydrogen-bond donors (Lipinski definition) is 0. The predicted octanol–water partition coefficient (Wildman–Crippen LogP) is 4.30. The molecule has 12 heavy (non-hydrogen) atoms. The van der Waals surface area contributed by atoms with Crippen LogP contribution in [0, 0.1) is 6.92 Å². The van der Waals surface area contributed by atoms with E-state index in [1.54, 1.807) is 0 Å². The molecule has 0 aromatic carbocycles. The van der Waals surface area contributed by atoms with E-state index in [0.29, 0.717) is 0 Å². The second-order valence-corrected chi connectivity index (χ2v) is 4.57. The fourth-order valence-electron chi connectivity index (χ4n) is 1.23. The molecule has 0 spiro atoms. The van der Waals surface area contributed by atoms with Crippen LogP contribution in [0.15, 0.2) is 0 Å². The van der Waals surface area contributed by atoms with Crippen LogP contribution in [0.5, 0.6) is 0 Å². The zero-order chi connectivity index (χ0) is 9.07. The Balaban J connectivity index is 2.73. The first-order chi connectivity index (χ1) is 5.91. The second kappa shape index (κ2) is 11.4. The predicted molar refractivity (Wildman–Crippen MR) is 60.7 cm³/mol. The summed E-state index contributed by atoms with van der Waals surface area (Å²) in [6.07, 6.45) is 9.55. The Bertz CT molecular complexity index is 61.4. The van der Waals surface area contributed by atoms with Crippen molar-refractivity contribution in [1.82, 2.24) is 0 Å². The largest absolute Gasteiger partial charge is 0.162 e. The maximum absolute atomic E-state index is 3.84. The molecule has 0 fully saturated rings. The Morgan fingerprint density at radius 2 is 1.50 bits per heavy atom. The van der Waals surface area contributed by atoms with Crippen molar-refractivity contribution >= 4 is 11.8 Å². The summed E-state index contributed by atoms with van der Waals surface area (Å²) in [5.41, 5.74) is 0. The first-order valence-electron chi connectivity index (χ1n) is 5.28. The van der Waals surface area contributed by atoms with Gasteiger partial charge in [0.1, 0.15) is 0 Å². The van der Waals surface area contributed by atoms with Crippen LogP contribution in [-0.2, 0) is 0 Å². The Kier molecular flexibility index (Phi) is 11.7. The molecule has 73 valence electrons. The van der Waals surface area contributed by atoms with E-state index < -0.39 is 0 Å². The Labute approximate surface area is 82.5 Å². The molecule has 0 aromatic rings. The van der Waals surface area contributed by atoms with Crippen LogP contribution >= 0.6 is 11.8 Å². The van der Waals surface area contributed by atoms with E-state index in [1.807, 2.05) is 0 Å². The van der Waals surface area contributed by atoms with Crippen molar-refractivity contribution in [3.8, 4) is 0 Å². The average Bonchev–Trinajstić information content (AvgIpc) is 2.10. The molecule has 0 N–H and O–H groups in total. The van der Waals surface area contributed by atoms with Gasteiger partial charge in [-0.25, -0.2) is 0 Å². The van der Waals surface area contributed by atoms with Gasteiger partial charge in [-0.15, -0.1) is 0 Å². The van der Waals surface area contributed by atoms with Crippen molar-refractivity contribution in [1.29, 1.82) is 0 Å². The monoisotopic (exact) mass is 187 g/mol. The van der Waals surface area contributed by atoms with Crippen LogP contribution in [0.1, 0.15) is 51.9 Å². The van der Waals surface area contributed by atoms with Gasteiger partial charge < -0.3 is 0 Å². The fourth-order valence-corrected chi connectivity index (χ4v) is 1.93. The van der Waals surface area contributed by atoms with Gasteiger partial charge in [0.25, 0.3) is 0 Å². The van der Waals surface area contributed by atoms with Crippen LogP contribution in [0.4, 0.5) is 0 Å². The van der Waals surface area contributed by atoms with E-state index in [1.165, 1.54) is 50.0 Å². The van der Waals surface area contributed by atoms with Crippen molar-refractivity contribution in [2.75, 3.05) is 11.5 Å². The highest BCUT2D eigenvalue weighted by Crippen LogP contribution is 2.09. The first kappa shape index (κ1) is 12.3. The number of rotatable bonds is 9. The molecule has 0 unspecified atom stereocenters. The smallest absolute Gasteiger partial charge is 0.00676 e. The lowest BCUT2D eigenvalue weighted by atomic mass is 10.1. The van der Waals surface area contributed by atoms with Gasteiger partial charge in [-0.2, -0.15) is 11.8 Å². The second-order valence-electron chi connectivity index (χ2n) is 3.17. The highest BCUT2D eigenvalue weighted by molar-refractivity contribution is 7.99. The molecule has 0 aliphatic heterocycles. The van der Waals surface area contributed by atoms with Crippen molar-refractivity contribution in [2.45, 2.75) is 51.9 Å². The Morgan fingerprint density at radius 3 is 2.08 bits per heavy atom. The Morgan fingerprint density at radius 1 is 0.917 bits per heavy atom. The molecule has 1 radical (unpaired) electrons. The summed E-state index contributed by atoms with van der Waals surface area (Å²) in [5.74, 6) is 2.65. The Hall–Kier alpha value is 0.350. The third kappa shape index (κ3) is 10.3. The zero-order valence-corrected chi connectivity index (χ0v) is 9.30. The van der Waals surface area contributed by atoms with E-state index in [-0.39, 0.29) is 0 Å². The van der Waals surface area contributed by atoms with Gasteiger partial charge in [0, 0.05) is 0 Å². The highest BCUT2D eigenvalue weighted by atomic mass is 32.2. The lowest BCUT2D eigenvalue weighted by molar-refractivity contribution is 0.612. The molecular formula is C11H23S. The summed E-state index contributed by atoms with van der Waals surface area (Å²) in [7, 11) is 0. The molecule has 0 saturated carbocycles. The van der Waals surface area contributed by atoms with E-state index in [4.69, 9.17) is 0 Å². The standard InChI is InChI=1S/C11H23S/c1-3-5-6-7-8-9-10-11-12-4-2/h1,3-11H2,2H3. The van der Waals surface area contributed by atoms with Gasteiger partial charge in [0.05, 0.1) is 0 Å². The van der Waals surface area contributed by atoms with Crippen LogP contribution < -0.4 is 0 Å². The van der Waals surface area contributed by atoms with Gasteiger partial charge in [-0.05, 0) is 17.9 Å². The molecule has 0 bridgehead atoms. The molecule has 0 heterocycles. The number of unbranched alkanes of at least 4 members (excludes halogenated alkanes) is 6. The van der Waals surface area contributed by atoms with E-state index in [2.05, 4.69) is 25.6 Å². The van der Waals surface area contributed by atoms with Crippen molar-refractivity contribution in [3.05, 3.63) is 6.92 Å². The third-order valence-corrected chi connectivity index (χ3v) is 2.98. The topological polar surface area (TPSA) is 0 Å². The summed E-state index contributed by atoms with van der Waals surface area (Å²) >= 11 is 2.07. The summed E-state index contributed by atoms with van der Waals surface area (Å²) in [6, 6.07) is 0. The summed E-state index contributed by atoms with van der Waals surface area (Å²) in [6.45, 7) is 6.08. The van der Waals surface area contributed by atoms with Crippen LogP contribution in [0.2, 0.25) is 0 Å². The van der Waals surface area contributed by atoms with E-state index in [9.17, 15) is 0 Å². The molecule has 1 heteroatoms.